The van der Waals surface area contributed by atoms with E-state index in [-0.39, 0.29) is 17.4 Å². The molecule has 0 aromatic heterocycles. The molecule has 0 radical (unpaired) electrons. The third-order valence-corrected chi connectivity index (χ3v) is 6.82. The van der Waals surface area contributed by atoms with Crippen molar-refractivity contribution in [2.24, 2.45) is 11.3 Å². The SMILES string of the molecule is CCC(CC)CN1CC2(CCN(C(=O)C3(COC)CCC3)CC2)OC1=O. The van der Waals surface area contributed by atoms with Crippen LogP contribution in [0.4, 0.5) is 4.79 Å². The lowest BCUT2D eigenvalue weighted by Crippen LogP contribution is -2.55. The highest BCUT2D eigenvalue weighted by Gasteiger charge is 2.51. The Labute approximate surface area is 157 Å². The van der Waals surface area contributed by atoms with Gasteiger partial charge < -0.3 is 19.3 Å². The Morgan fingerprint density at radius 2 is 1.85 bits per heavy atom. The van der Waals surface area contributed by atoms with Crippen LogP contribution >= 0.6 is 0 Å². The molecule has 3 fully saturated rings. The van der Waals surface area contributed by atoms with E-state index >= 15 is 0 Å². The minimum atomic E-state index is -0.395. The Morgan fingerprint density at radius 1 is 1.19 bits per heavy atom. The predicted octanol–water partition coefficient (Wildman–Crippen LogP) is 3.05. The average molecular weight is 367 g/mol. The summed E-state index contributed by atoms with van der Waals surface area (Å²) in [6.45, 7) is 7.68. The molecule has 6 nitrogen and oxygen atoms in total. The molecule has 1 saturated carbocycles. The molecule has 2 aliphatic heterocycles. The number of ether oxygens (including phenoxy) is 2. The second kappa shape index (κ2) is 7.75. The average Bonchev–Trinajstić information content (AvgIpc) is 2.91. The highest BCUT2D eigenvalue weighted by Crippen LogP contribution is 2.44. The van der Waals surface area contributed by atoms with E-state index in [9.17, 15) is 9.59 Å². The number of hydrogen-bond acceptors (Lipinski definition) is 4. The van der Waals surface area contributed by atoms with Gasteiger partial charge in [-0.3, -0.25) is 4.79 Å². The van der Waals surface area contributed by atoms with Crippen molar-refractivity contribution in [3.8, 4) is 0 Å². The molecule has 0 bridgehead atoms. The highest BCUT2D eigenvalue weighted by molar-refractivity contribution is 5.84. The van der Waals surface area contributed by atoms with E-state index in [0.717, 1.165) is 51.5 Å². The molecule has 2 heterocycles. The van der Waals surface area contributed by atoms with Crippen molar-refractivity contribution >= 4 is 12.0 Å². The van der Waals surface area contributed by atoms with E-state index in [2.05, 4.69) is 13.8 Å². The topological polar surface area (TPSA) is 59.1 Å². The molecule has 0 N–H and O–H groups in total. The Morgan fingerprint density at radius 3 is 2.35 bits per heavy atom. The standard InChI is InChI=1S/C20H34N2O4/c1-4-16(5-2)13-22-14-20(26-18(22)24)9-11-21(12-10-20)17(23)19(15-25-3)7-6-8-19/h16H,4-15H2,1-3H3. The molecule has 6 heteroatoms. The first kappa shape index (κ1) is 19.5. The summed E-state index contributed by atoms with van der Waals surface area (Å²) in [5.74, 6) is 0.769. The highest BCUT2D eigenvalue weighted by atomic mass is 16.6. The van der Waals surface area contributed by atoms with Crippen LogP contribution in [0.3, 0.4) is 0 Å². The van der Waals surface area contributed by atoms with Crippen molar-refractivity contribution < 1.29 is 19.1 Å². The molecular formula is C20H34N2O4. The van der Waals surface area contributed by atoms with E-state index in [0.29, 0.717) is 32.2 Å². The molecule has 2 amide bonds. The molecule has 1 aliphatic carbocycles. The van der Waals surface area contributed by atoms with Crippen LogP contribution in [0.15, 0.2) is 0 Å². The zero-order chi connectivity index (χ0) is 18.8. The maximum atomic E-state index is 13.0. The van der Waals surface area contributed by atoms with E-state index in [1.165, 1.54) is 0 Å². The lowest BCUT2D eigenvalue weighted by atomic mass is 9.68. The van der Waals surface area contributed by atoms with Gasteiger partial charge in [0.2, 0.25) is 5.91 Å². The van der Waals surface area contributed by atoms with Crippen LogP contribution in [0.25, 0.3) is 0 Å². The van der Waals surface area contributed by atoms with Gasteiger partial charge in [0, 0.05) is 39.6 Å². The largest absolute Gasteiger partial charge is 0.441 e. The van der Waals surface area contributed by atoms with Crippen LogP contribution in [0.1, 0.15) is 58.8 Å². The summed E-state index contributed by atoms with van der Waals surface area (Å²) in [6.07, 6.45) is 6.44. The van der Waals surface area contributed by atoms with Crippen molar-refractivity contribution in [1.82, 2.24) is 9.80 Å². The van der Waals surface area contributed by atoms with Crippen LogP contribution in [-0.2, 0) is 14.3 Å². The molecule has 26 heavy (non-hydrogen) atoms. The van der Waals surface area contributed by atoms with Crippen LogP contribution in [0.2, 0.25) is 0 Å². The Bertz CT molecular complexity index is 520. The van der Waals surface area contributed by atoms with Gasteiger partial charge in [0.1, 0.15) is 5.60 Å². The number of carbonyl (C=O) groups excluding carboxylic acids is 2. The Hall–Kier alpha value is -1.30. The van der Waals surface area contributed by atoms with Gasteiger partial charge in [0.15, 0.2) is 0 Å². The van der Waals surface area contributed by atoms with Gasteiger partial charge in [-0.1, -0.05) is 33.1 Å². The van der Waals surface area contributed by atoms with E-state index in [1.807, 2.05) is 9.80 Å². The van der Waals surface area contributed by atoms with Gasteiger partial charge >= 0.3 is 6.09 Å². The van der Waals surface area contributed by atoms with Crippen LogP contribution < -0.4 is 0 Å². The number of amides is 2. The summed E-state index contributed by atoms with van der Waals surface area (Å²) >= 11 is 0. The molecule has 3 aliphatic rings. The molecule has 0 aromatic rings. The summed E-state index contributed by atoms with van der Waals surface area (Å²) in [7, 11) is 1.67. The number of methoxy groups -OCH3 is 1. The summed E-state index contributed by atoms with van der Waals surface area (Å²) in [6, 6.07) is 0. The Balaban J connectivity index is 1.56. The molecule has 148 valence electrons. The molecule has 2 saturated heterocycles. The number of nitrogens with zero attached hydrogens (tertiary/aromatic N) is 2. The fourth-order valence-electron chi connectivity index (χ4n) is 4.70. The number of likely N-dealkylation sites (tertiary alicyclic amines) is 1. The van der Waals surface area contributed by atoms with Crippen molar-refractivity contribution in [2.45, 2.75) is 64.4 Å². The van der Waals surface area contributed by atoms with Crippen LogP contribution in [-0.4, -0.2) is 67.3 Å². The fourth-order valence-corrected chi connectivity index (χ4v) is 4.70. The molecule has 0 unspecified atom stereocenters. The molecule has 0 aromatic carbocycles. The number of rotatable bonds is 7. The quantitative estimate of drug-likeness (QED) is 0.695. The van der Waals surface area contributed by atoms with Gasteiger partial charge in [-0.2, -0.15) is 0 Å². The third kappa shape index (κ3) is 3.57. The number of piperidine rings is 1. The number of carbonyl (C=O) groups is 2. The van der Waals surface area contributed by atoms with Crippen molar-refractivity contribution in [3.63, 3.8) is 0 Å². The summed E-state index contributed by atoms with van der Waals surface area (Å²) in [5.41, 5.74) is -0.693. The lowest BCUT2D eigenvalue weighted by Gasteiger charge is -2.46. The van der Waals surface area contributed by atoms with Crippen molar-refractivity contribution in [3.05, 3.63) is 0 Å². The zero-order valence-electron chi connectivity index (χ0n) is 16.6. The first-order valence-electron chi connectivity index (χ1n) is 10.2. The van der Waals surface area contributed by atoms with Gasteiger partial charge in [0.25, 0.3) is 0 Å². The number of hydrogen-bond donors (Lipinski definition) is 0. The Kier molecular flexibility index (Phi) is 5.80. The maximum Gasteiger partial charge on any atom is 0.410 e. The van der Waals surface area contributed by atoms with Gasteiger partial charge in [-0.15, -0.1) is 0 Å². The smallest absolute Gasteiger partial charge is 0.410 e. The van der Waals surface area contributed by atoms with E-state index in [4.69, 9.17) is 9.47 Å². The monoisotopic (exact) mass is 366 g/mol. The minimum absolute atomic E-state index is 0.175. The third-order valence-electron chi connectivity index (χ3n) is 6.82. The fraction of sp³-hybridized carbons (Fsp3) is 0.900. The zero-order valence-corrected chi connectivity index (χ0v) is 16.6. The minimum Gasteiger partial charge on any atom is -0.441 e. The predicted molar refractivity (Wildman–Crippen MR) is 98.8 cm³/mol. The molecule has 1 spiro atoms. The first-order valence-corrected chi connectivity index (χ1v) is 10.2. The summed E-state index contributed by atoms with van der Waals surface area (Å²) < 4.78 is 11.1. The normalized spacial score (nSPS) is 24.1. The molecule has 0 atom stereocenters. The van der Waals surface area contributed by atoms with Gasteiger partial charge in [0.05, 0.1) is 18.6 Å². The molecular weight excluding hydrogens is 332 g/mol. The second-order valence-electron chi connectivity index (χ2n) is 8.47. The second-order valence-corrected chi connectivity index (χ2v) is 8.47. The van der Waals surface area contributed by atoms with Crippen LogP contribution in [0.5, 0.6) is 0 Å². The molecule has 3 rings (SSSR count). The van der Waals surface area contributed by atoms with Crippen LogP contribution in [0, 0.1) is 11.3 Å². The van der Waals surface area contributed by atoms with Crippen molar-refractivity contribution in [1.29, 1.82) is 0 Å². The van der Waals surface area contributed by atoms with Gasteiger partial charge in [-0.25, -0.2) is 4.79 Å². The van der Waals surface area contributed by atoms with Gasteiger partial charge in [-0.05, 0) is 18.8 Å². The summed E-state index contributed by atoms with van der Waals surface area (Å²) in [4.78, 5) is 29.2. The van der Waals surface area contributed by atoms with Crippen molar-refractivity contribution in [2.75, 3.05) is 39.9 Å². The summed E-state index contributed by atoms with van der Waals surface area (Å²) in [5, 5.41) is 0. The first-order chi connectivity index (χ1) is 12.5. The van der Waals surface area contributed by atoms with E-state index in [1.54, 1.807) is 7.11 Å². The lowest BCUT2D eigenvalue weighted by molar-refractivity contribution is -0.155. The van der Waals surface area contributed by atoms with E-state index < -0.39 is 5.60 Å². The maximum absolute atomic E-state index is 13.0.